The number of carbonyl (C=O) groups excluding carboxylic acids is 2. The average molecular weight is 370 g/mol. The first kappa shape index (κ1) is 26.9. The third-order valence-electron chi connectivity index (χ3n) is 4.06. The summed E-state index contributed by atoms with van der Waals surface area (Å²) < 4.78 is 10.6. The van der Waals surface area contributed by atoms with Gasteiger partial charge in [0.25, 0.3) is 0 Å². The Kier molecular flexibility index (Phi) is 16.5. The summed E-state index contributed by atoms with van der Waals surface area (Å²) in [5.74, 6) is 1.36. The van der Waals surface area contributed by atoms with E-state index in [0.29, 0.717) is 30.8 Å². The van der Waals surface area contributed by atoms with Gasteiger partial charge >= 0.3 is 5.97 Å². The smallest absolute Gasteiger partial charge is 0.403 e. The minimum atomic E-state index is -0.348. The van der Waals surface area contributed by atoms with Gasteiger partial charge in [-0.3, -0.25) is 4.79 Å². The Balaban J connectivity index is 0. The molecular formula is C22H41O4+. The van der Waals surface area contributed by atoms with Crippen LogP contribution in [0.1, 0.15) is 75.2 Å². The lowest BCUT2D eigenvalue weighted by molar-refractivity contribution is -0.156. The summed E-state index contributed by atoms with van der Waals surface area (Å²) in [5, 5.41) is 0. The van der Waals surface area contributed by atoms with Crippen LogP contribution in [0.2, 0.25) is 0 Å². The minimum Gasteiger partial charge on any atom is -0.403 e. The summed E-state index contributed by atoms with van der Waals surface area (Å²) in [7, 11) is 0. The molecule has 0 heterocycles. The number of ether oxygens (including phenoxy) is 2. The second-order valence-corrected chi connectivity index (χ2v) is 7.30. The summed E-state index contributed by atoms with van der Waals surface area (Å²) in [4.78, 5) is 24.0. The van der Waals surface area contributed by atoms with Crippen molar-refractivity contribution in [3.05, 3.63) is 18.1 Å². The van der Waals surface area contributed by atoms with Gasteiger partial charge in [0.2, 0.25) is 5.92 Å². The lowest BCUT2D eigenvalue weighted by Gasteiger charge is -2.30. The minimum absolute atomic E-state index is 0.0311. The van der Waals surface area contributed by atoms with Crippen LogP contribution in [0.4, 0.5) is 0 Å². The molecule has 0 fully saturated rings. The van der Waals surface area contributed by atoms with Crippen LogP contribution in [0.15, 0.2) is 12.2 Å². The molecule has 152 valence electrons. The molecular weight excluding hydrogens is 328 g/mol. The molecule has 0 aliphatic carbocycles. The lowest BCUT2D eigenvalue weighted by atomic mass is 9.76. The zero-order valence-corrected chi connectivity index (χ0v) is 18.4. The van der Waals surface area contributed by atoms with Crippen molar-refractivity contribution in [3.8, 4) is 0 Å². The molecule has 0 saturated heterocycles. The fraction of sp³-hybridized carbons (Fsp3) is 0.773. The Morgan fingerprint density at radius 3 is 2.08 bits per heavy atom. The maximum Gasteiger partial charge on any atom is 0.500 e. The molecule has 0 spiro atoms. The molecule has 2 unspecified atom stereocenters. The molecule has 0 aliphatic rings. The molecule has 0 aliphatic heterocycles. The van der Waals surface area contributed by atoms with Gasteiger partial charge in [-0.05, 0) is 31.1 Å². The van der Waals surface area contributed by atoms with Crippen LogP contribution in [0.5, 0.6) is 0 Å². The number of hydrogen-bond donors (Lipinski definition) is 0. The molecule has 0 saturated carbocycles. The number of carbonyl (C=O) groups is 2. The largest absolute Gasteiger partial charge is 0.500 e. The summed E-state index contributed by atoms with van der Waals surface area (Å²) >= 11 is 0. The van der Waals surface area contributed by atoms with Crippen LogP contribution in [-0.4, -0.2) is 25.2 Å². The van der Waals surface area contributed by atoms with Crippen LogP contribution < -0.4 is 0 Å². The Morgan fingerprint density at radius 2 is 1.65 bits per heavy atom. The molecule has 0 radical (unpaired) electrons. The number of allylic oxidation sites excluding steroid dienone is 2. The Morgan fingerprint density at radius 1 is 1.08 bits per heavy atom. The zero-order valence-electron chi connectivity index (χ0n) is 18.4. The Hall–Kier alpha value is -1.29. The molecule has 4 heteroatoms. The van der Waals surface area contributed by atoms with Gasteiger partial charge in [0.05, 0.1) is 20.5 Å². The van der Waals surface area contributed by atoms with Crippen LogP contribution in [-0.2, 0) is 19.1 Å². The van der Waals surface area contributed by atoms with E-state index in [9.17, 15) is 9.59 Å². The first-order valence-corrected chi connectivity index (χ1v) is 9.89. The van der Waals surface area contributed by atoms with Crippen LogP contribution in [0.25, 0.3) is 0 Å². The Bertz CT molecular complexity index is 397. The standard InChI is InChI=1S/C20H35O4.C2H6/c1-8-9-10-19(21)17(11-14(2)3)18(15(4)5)12-23-13-24-20(22)16(6)7;1-2/h8-9,14-15,17-18H,10-13H2,1-7H3;1-2H3/q+1;. The second-order valence-electron chi connectivity index (χ2n) is 7.30. The van der Waals surface area contributed by atoms with Gasteiger partial charge in [-0.15, -0.1) is 0 Å². The number of rotatable bonds is 12. The van der Waals surface area contributed by atoms with Gasteiger partial charge in [-0.1, -0.05) is 53.7 Å². The van der Waals surface area contributed by atoms with Crippen molar-refractivity contribution in [3.63, 3.8) is 0 Å². The van der Waals surface area contributed by atoms with Crippen LogP contribution in [0, 0.1) is 29.6 Å². The summed E-state index contributed by atoms with van der Waals surface area (Å²) in [5.41, 5.74) is 0. The molecule has 0 aromatic rings. The van der Waals surface area contributed by atoms with Gasteiger partial charge in [-0.25, -0.2) is 0 Å². The monoisotopic (exact) mass is 369 g/mol. The average Bonchev–Trinajstić information content (AvgIpc) is 2.58. The van der Waals surface area contributed by atoms with E-state index in [4.69, 9.17) is 9.47 Å². The van der Waals surface area contributed by atoms with E-state index in [2.05, 4.69) is 27.7 Å². The second kappa shape index (κ2) is 15.9. The molecule has 0 amide bonds. The highest BCUT2D eigenvalue weighted by Crippen LogP contribution is 2.29. The summed E-state index contributed by atoms with van der Waals surface area (Å²) in [6.07, 6.45) is 5.14. The van der Waals surface area contributed by atoms with E-state index in [1.165, 1.54) is 0 Å². The highest BCUT2D eigenvalue weighted by atomic mass is 16.7. The van der Waals surface area contributed by atoms with E-state index >= 15 is 0 Å². The van der Waals surface area contributed by atoms with Crippen LogP contribution >= 0.6 is 0 Å². The molecule has 4 nitrogen and oxygen atoms in total. The SMILES string of the molecule is CC.CC=CCC(=O)C(CC(C)C)C(COCOC(=O)[C+](C)C)C(C)C. The van der Waals surface area contributed by atoms with E-state index < -0.39 is 0 Å². The number of esters is 1. The normalized spacial score (nSPS) is 13.3. The van der Waals surface area contributed by atoms with Gasteiger partial charge < -0.3 is 9.47 Å². The van der Waals surface area contributed by atoms with Crippen molar-refractivity contribution >= 4 is 11.8 Å². The van der Waals surface area contributed by atoms with Gasteiger partial charge in [-0.2, -0.15) is 4.79 Å². The predicted molar refractivity (Wildman–Crippen MR) is 109 cm³/mol. The zero-order chi connectivity index (χ0) is 20.7. The summed E-state index contributed by atoms with van der Waals surface area (Å²) in [6, 6.07) is 0. The predicted octanol–water partition coefficient (Wildman–Crippen LogP) is 5.61. The van der Waals surface area contributed by atoms with E-state index in [1.54, 1.807) is 13.8 Å². The van der Waals surface area contributed by atoms with Gasteiger partial charge in [0.15, 0.2) is 6.79 Å². The highest BCUT2D eigenvalue weighted by Gasteiger charge is 2.31. The molecule has 0 bridgehead atoms. The molecule has 0 N–H and O–H groups in total. The maximum absolute atomic E-state index is 12.6. The maximum atomic E-state index is 12.6. The first-order valence-electron chi connectivity index (χ1n) is 9.89. The van der Waals surface area contributed by atoms with Crippen molar-refractivity contribution in [1.82, 2.24) is 0 Å². The van der Waals surface area contributed by atoms with E-state index in [0.717, 1.165) is 6.42 Å². The summed E-state index contributed by atoms with van der Waals surface area (Å²) in [6.45, 7) is 18.2. The third-order valence-corrected chi connectivity index (χ3v) is 4.06. The van der Waals surface area contributed by atoms with Crippen LogP contribution in [0.3, 0.4) is 0 Å². The van der Waals surface area contributed by atoms with Crippen molar-refractivity contribution < 1.29 is 19.1 Å². The van der Waals surface area contributed by atoms with Gasteiger partial charge in [0.1, 0.15) is 5.78 Å². The fourth-order valence-corrected chi connectivity index (χ4v) is 2.64. The van der Waals surface area contributed by atoms with Gasteiger partial charge in [0, 0.05) is 12.3 Å². The topological polar surface area (TPSA) is 52.6 Å². The lowest BCUT2D eigenvalue weighted by Crippen LogP contribution is -2.32. The highest BCUT2D eigenvalue weighted by molar-refractivity contribution is 5.83. The number of Topliss-reactive ketones (excluding diaryl/α,β-unsaturated/α-hetero) is 1. The quantitative estimate of drug-likeness (QED) is 0.147. The third kappa shape index (κ3) is 12.1. The van der Waals surface area contributed by atoms with Crippen molar-refractivity contribution in [2.24, 2.45) is 23.7 Å². The van der Waals surface area contributed by atoms with E-state index in [-0.39, 0.29) is 30.4 Å². The molecule has 0 aromatic carbocycles. The number of hydrogen-bond acceptors (Lipinski definition) is 4. The first-order chi connectivity index (χ1) is 12.2. The van der Waals surface area contributed by atoms with Crippen molar-refractivity contribution in [2.45, 2.75) is 75.2 Å². The fourth-order valence-electron chi connectivity index (χ4n) is 2.64. The Labute approximate surface area is 161 Å². The van der Waals surface area contributed by atoms with Crippen molar-refractivity contribution in [1.29, 1.82) is 0 Å². The molecule has 2 atom stereocenters. The molecule has 26 heavy (non-hydrogen) atoms. The molecule has 0 aromatic heterocycles. The molecule has 0 rings (SSSR count). The number of ketones is 1. The van der Waals surface area contributed by atoms with E-state index in [1.807, 2.05) is 32.9 Å². The van der Waals surface area contributed by atoms with Crippen molar-refractivity contribution in [2.75, 3.05) is 13.4 Å².